The number of likely N-dealkylation sites (N-methyl/N-ethyl adjacent to an activating group) is 1. The Balaban J connectivity index is 1.57. The van der Waals surface area contributed by atoms with Gasteiger partial charge in [0.25, 0.3) is 5.91 Å². The molecule has 0 aliphatic carbocycles. The topological polar surface area (TPSA) is 48.9 Å². The second-order valence-electron chi connectivity index (χ2n) is 6.13. The van der Waals surface area contributed by atoms with E-state index in [0.29, 0.717) is 13.2 Å². The van der Waals surface area contributed by atoms with E-state index in [1.54, 1.807) is 30.3 Å². The van der Waals surface area contributed by atoms with Crippen LogP contribution in [-0.2, 0) is 16.1 Å². The number of anilines is 1. The normalized spacial score (nSPS) is 23.0. The van der Waals surface area contributed by atoms with Gasteiger partial charge in [-0.25, -0.2) is 4.98 Å². The van der Waals surface area contributed by atoms with Crippen molar-refractivity contribution in [1.82, 2.24) is 14.8 Å². The molecule has 0 saturated carbocycles. The summed E-state index contributed by atoms with van der Waals surface area (Å²) in [4.78, 5) is 24.1. The molecule has 0 aromatic carbocycles. The van der Waals surface area contributed by atoms with E-state index < -0.39 is 0 Å². The smallest absolute Gasteiger partial charge is 0.252 e. The average molecular weight is 324 g/mol. The van der Waals surface area contributed by atoms with Crippen molar-refractivity contribution >= 4 is 22.4 Å². The number of carbonyl (C=O) groups is 1. The van der Waals surface area contributed by atoms with Crippen molar-refractivity contribution in [1.29, 1.82) is 0 Å². The van der Waals surface area contributed by atoms with Crippen molar-refractivity contribution in [3.63, 3.8) is 0 Å². The van der Waals surface area contributed by atoms with Crippen LogP contribution in [0.5, 0.6) is 0 Å². The van der Waals surface area contributed by atoms with Crippen molar-refractivity contribution in [2.24, 2.45) is 0 Å². The first kappa shape index (κ1) is 15.7. The Hall–Kier alpha value is -1.18. The molecule has 1 aromatic rings. The first-order valence-corrected chi connectivity index (χ1v) is 8.70. The molecule has 0 radical (unpaired) electrons. The molecule has 1 amide bonds. The molecule has 0 unspecified atom stereocenters. The van der Waals surface area contributed by atoms with E-state index in [2.05, 4.69) is 14.8 Å². The fourth-order valence-corrected chi connectivity index (χ4v) is 3.93. The lowest BCUT2D eigenvalue weighted by Gasteiger charge is -2.32. The molecule has 7 heteroatoms. The zero-order valence-corrected chi connectivity index (χ0v) is 14.1. The molecule has 122 valence electrons. The largest absolute Gasteiger partial charge is 0.366 e. The molecule has 2 aliphatic heterocycles. The van der Waals surface area contributed by atoms with Crippen molar-refractivity contribution in [2.75, 3.05) is 51.8 Å². The minimum atomic E-state index is -0.338. The number of nitrogens with zero attached hydrogens (tertiary/aromatic N) is 4. The van der Waals surface area contributed by atoms with Gasteiger partial charge >= 0.3 is 0 Å². The number of aromatic nitrogens is 1. The van der Waals surface area contributed by atoms with Crippen LogP contribution in [0.2, 0.25) is 0 Å². The lowest BCUT2D eigenvalue weighted by atomic mass is 10.2. The Bertz CT molecular complexity index is 513. The number of hydrogen-bond donors (Lipinski definition) is 0. The van der Waals surface area contributed by atoms with E-state index in [9.17, 15) is 4.79 Å². The molecule has 2 saturated heterocycles. The van der Waals surface area contributed by atoms with E-state index in [-0.39, 0.29) is 12.0 Å². The quantitative estimate of drug-likeness (QED) is 0.828. The van der Waals surface area contributed by atoms with Crippen LogP contribution >= 0.6 is 11.3 Å². The molecule has 3 heterocycles. The van der Waals surface area contributed by atoms with Crippen molar-refractivity contribution < 1.29 is 9.53 Å². The van der Waals surface area contributed by atoms with Crippen LogP contribution in [0.15, 0.2) is 6.20 Å². The first-order chi connectivity index (χ1) is 10.6. The third kappa shape index (κ3) is 3.59. The highest BCUT2D eigenvalue weighted by atomic mass is 32.1. The number of amides is 1. The summed E-state index contributed by atoms with van der Waals surface area (Å²) in [5.74, 6) is 0.0479. The molecule has 22 heavy (non-hydrogen) atoms. The van der Waals surface area contributed by atoms with Gasteiger partial charge in [0, 0.05) is 57.9 Å². The Kier molecular flexibility index (Phi) is 4.95. The Morgan fingerprint density at radius 3 is 2.91 bits per heavy atom. The zero-order valence-electron chi connectivity index (χ0n) is 13.3. The average Bonchev–Trinajstić information content (AvgIpc) is 3.17. The van der Waals surface area contributed by atoms with Crippen LogP contribution in [0.3, 0.4) is 0 Å². The van der Waals surface area contributed by atoms with Crippen molar-refractivity contribution in [2.45, 2.75) is 25.5 Å². The second kappa shape index (κ2) is 6.93. The summed E-state index contributed by atoms with van der Waals surface area (Å²) in [6.45, 7) is 5.25. The molecule has 6 nitrogen and oxygen atoms in total. The van der Waals surface area contributed by atoms with Crippen LogP contribution in [-0.4, -0.2) is 73.7 Å². The van der Waals surface area contributed by atoms with Gasteiger partial charge in [0.2, 0.25) is 0 Å². The molecule has 0 bridgehead atoms. The second-order valence-corrected chi connectivity index (χ2v) is 7.22. The number of morpholine rings is 1. The van der Waals surface area contributed by atoms with Gasteiger partial charge in [-0.3, -0.25) is 9.69 Å². The SMILES string of the molecule is CN(C)C(=O)[C@H]1CN(Cc2cnc(N3CCCC3)s2)CCO1. The highest BCUT2D eigenvalue weighted by Crippen LogP contribution is 2.27. The predicted octanol–water partition coefficient (Wildman–Crippen LogP) is 1.03. The number of thiazole rings is 1. The molecule has 0 N–H and O–H groups in total. The van der Waals surface area contributed by atoms with Gasteiger partial charge in [0.15, 0.2) is 5.13 Å². The fraction of sp³-hybridized carbons (Fsp3) is 0.733. The van der Waals surface area contributed by atoms with Crippen molar-refractivity contribution in [3.8, 4) is 0 Å². The van der Waals surface area contributed by atoms with E-state index in [4.69, 9.17) is 4.74 Å². The minimum Gasteiger partial charge on any atom is -0.366 e. The Labute approximate surface area is 135 Å². The number of ether oxygens (including phenoxy) is 1. The predicted molar refractivity (Wildman–Crippen MR) is 87.3 cm³/mol. The van der Waals surface area contributed by atoms with Crippen LogP contribution in [0.25, 0.3) is 0 Å². The summed E-state index contributed by atoms with van der Waals surface area (Å²) in [5.41, 5.74) is 0. The monoisotopic (exact) mass is 324 g/mol. The van der Waals surface area contributed by atoms with Gasteiger partial charge in [-0.1, -0.05) is 0 Å². The fourth-order valence-electron chi connectivity index (χ4n) is 2.93. The molecular formula is C15H24N4O2S. The van der Waals surface area contributed by atoms with E-state index in [1.165, 1.54) is 17.7 Å². The van der Waals surface area contributed by atoms with E-state index in [1.807, 2.05) is 6.20 Å². The third-order valence-corrected chi connectivity index (χ3v) is 5.21. The molecule has 1 atom stereocenters. The standard InChI is InChI=1S/C15H24N4O2S/c1-17(2)14(20)13-11-18(7-8-21-13)10-12-9-16-15(22-12)19-5-3-4-6-19/h9,13H,3-8,10-11H2,1-2H3/t13-/m1/s1. The molecule has 1 aromatic heterocycles. The van der Waals surface area contributed by atoms with Crippen molar-refractivity contribution in [3.05, 3.63) is 11.1 Å². The highest BCUT2D eigenvalue weighted by Gasteiger charge is 2.28. The van der Waals surface area contributed by atoms with Crippen LogP contribution in [0.1, 0.15) is 17.7 Å². The molecular weight excluding hydrogens is 300 g/mol. The van der Waals surface area contributed by atoms with Gasteiger partial charge in [-0.2, -0.15) is 0 Å². The lowest BCUT2D eigenvalue weighted by molar-refractivity contribution is -0.147. The molecule has 0 spiro atoms. The first-order valence-electron chi connectivity index (χ1n) is 7.88. The summed E-state index contributed by atoms with van der Waals surface area (Å²) in [5, 5.41) is 1.14. The van der Waals surface area contributed by atoms with Gasteiger partial charge in [-0.15, -0.1) is 11.3 Å². The molecule has 3 rings (SSSR count). The molecule has 2 fully saturated rings. The summed E-state index contributed by atoms with van der Waals surface area (Å²) >= 11 is 1.78. The highest BCUT2D eigenvalue weighted by molar-refractivity contribution is 7.15. The van der Waals surface area contributed by atoms with Gasteiger partial charge in [0.05, 0.1) is 6.61 Å². The van der Waals surface area contributed by atoms with Crippen LogP contribution < -0.4 is 4.90 Å². The van der Waals surface area contributed by atoms with E-state index >= 15 is 0 Å². The summed E-state index contributed by atoms with van der Waals surface area (Å²) in [6.07, 6.45) is 4.19. The van der Waals surface area contributed by atoms with Gasteiger partial charge < -0.3 is 14.5 Å². The Morgan fingerprint density at radius 2 is 2.18 bits per heavy atom. The van der Waals surface area contributed by atoms with Gasteiger partial charge in [-0.05, 0) is 12.8 Å². The maximum atomic E-state index is 12.0. The van der Waals surface area contributed by atoms with E-state index in [0.717, 1.165) is 31.3 Å². The summed E-state index contributed by atoms with van der Waals surface area (Å²) in [7, 11) is 3.55. The third-order valence-electron chi connectivity index (χ3n) is 4.16. The summed E-state index contributed by atoms with van der Waals surface area (Å²) in [6, 6.07) is 0. The number of rotatable bonds is 4. The number of carbonyl (C=O) groups excluding carboxylic acids is 1. The zero-order chi connectivity index (χ0) is 15.5. The maximum Gasteiger partial charge on any atom is 0.252 e. The minimum absolute atomic E-state index is 0.0479. The lowest BCUT2D eigenvalue weighted by Crippen LogP contribution is -2.49. The van der Waals surface area contributed by atoms with Crippen LogP contribution in [0, 0.1) is 0 Å². The van der Waals surface area contributed by atoms with Gasteiger partial charge in [0.1, 0.15) is 6.10 Å². The maximum absolute atomic E-state index is 12.0. The summed E-state index contributed by atoms with van der Waals surface area (Å²) < 4.78 is 5.60. The number of hydrogen-bond acceptors (Lipinski definition) is 6. The molecule has 2 aliphatic rings. The van der Waals surface area contributed by atoms with Crippen LogP contribution in [0.4, 0.5) is 5.13 Å². The Morgan fingerprint density at radius 1 is 1.41 bits per heavy atom.